The lowest BCUT2D eigenvalue weighted by Crippen LogP contribution is -2.40. The minimum Gasteiger partial charge on any atom is -0.458 e. The average Bonchev–Trinajstić information content (AvgIpc) is 2.28. The van der Waals surface area contributed by atoms with E-state index in [1.807, 2.05) is 0 Å². The summed E-state index contributed by atoms with van der Waals surface area (Å²) in [5.41, 5.74) is -0.224. The zero-order valence-electron chi connectivity index (χ0n) is 9.44. The Labute approximate surface area is 97.4 Å². The molecule has 0 unspecified atom stereocenters. The Kier molecular flexibility index (Phi) is 3.93. The predicted octanol–water partition coefficient (Wildman–Crippen LogP) is 2.46. The molecule has 0 amide bonds. The van der Waals surface area contributed by atoms with E-state index < -0.39 is 23.8 Å². The van der Waals surface area contributed by atoms with Crippen molar-refractivity contribution >= 4 is 11.8 Å². The third-order valence-corrected chi connectivity index (χ3v) is 1.92. The SMILES string of the molecule is CC(C)OC(=O)C(F)(F)C(=O)c1ccccc1. The highest BCUT2D eigenvalue weighted by molar-refractivity contribution is 6.13. The molecule has 0 spiro atoms. The van der Waals surface area contributed by atoms with Crippen LogP contribution in [0, 0.1) is 0 Å². The van der Waals surface area contributed by atoms with Crippen LogP contribution in [0.4, 0.5) is 8.78 Å². The van der Waals surface area contributed by atoms with Gasteiger partial charge in [-0.3, -0.25) is 4.79 Å². The van der Waals surface area contributed by atoms with Crippen molar-refractivity contribution in [2.24, 2.45) is 0 Å². The maximum Gasteiger partial charge on any atom is 0.404 e. The van der Waals surface area contributed by atoms with Crippen molar-refractivity contribution in [2.75, 3.05) is 0 Å². The number of benzene rings is 1. The van der Waals surface area contributed by atoms with Gasteiger partial charge in [0.2, 0.25) is 5.78 Å². The number of hydrogen-bond acceptors (Lipinski definition) is 3. The Bertz CT molecular complexity index is 413. The normalized spacial score (nSPS) is 11.4. The average molecular weight is 242 g/mol. The van der Waals surface area contributed by atoms with Crippen LogP contribution < -0.4 is 0 Å². The van der Waals surface area contributed by atoms with E-state index in [1.54, 1.807) is 6.07 Å². The van der Waals surface area contributed by atoms with Crippen molar-refractivity contribution < 1.29 is 23.1 Å². The highest BCUT2D eigenvalue weighted by Gasteiger charge is 2.49. The number of carbonyl (C=O) groups excluding carboxylic acids is 2. The van der Waals surface area contributed by atoms with Gasteiger partial charge in [0.15, 0.2) is 0 Å². The monoisotopic (exact) mass is 242 g/mol. The van der Waals surface area contributed by atoms with Crippen LogP contribution in [0.25, 0.3) is 0 Å². The van der Waals surface area contributed by atoms with E-state index in [4.69, 9.17) is 0 Å². The van der Waals surface area contributed by atoms with E-state index in [1.165, 1.54) is 38.1 Å². The van der Waals surface area contributed by atoms with Gasteiger partial charge in [0.1, 0.15) is 0 Å². The van der Waals surface area contributed by atoms with Crippen LogP contribution in [0.5, 0.6) is 0 Å². The molecule has 0 aromatic heterocycles. The molecular weight excluding hydrogens is 230 g/mol. The molecule has 1 aromatic carbocycles. The lowest BCUT2D eigenvalue weighted by molar-refractivity contribution is -0.168. The second-order valence-corrected chi connectivity index (χ2v) is 3.72. The first-order chi connectivity index (χ1) is 7.85. The topological polar surface area (TPSA) is 43.4 Å². The van der Waals surface area contributed by atoms with Crippen LogP contribution >= 0.6 is 0 Å². The van der Waals surface area contributed by atoms with Gasteiger partial charge in [-0.1, -0.05) is 30.3 Å². The van der Waals surface area contributed by atoms with Crippen LogP contribution in [-0.2, 0) is 9.53 Å². The number of rotatable bonds is 4. The number of ketones is 1. The van der Waals surface area contributed by atoms with Gasteiger partial charge in [-0.05, 0) is 13.8 Å². The Hall–Kier alpha value is -1.78. The molecule has 0 saturated heterocycles. The second-order valence-electron chi connectivity index (χ2n) is 3.72. The molecule has 0 heterocycles. The van der Waals surface area contributed by atoms with Gasteiger partial charge in [0.25, 0.3) is 0 Å². The van der Waals surface area contributed by atoms with Gasteiger partial charge < -0.3 is 4.74 Å². The molecule has 0 bridgehead atoms. The third-order valence-electron chi connectivity index (χ3n) is 1.92. The van der Waals surface area contributed by atoms with Crippen molar-refractivity contribution in [3.05, 3.63) is 35.9 Å². The van der Waals surface area contributed by atoms with Gasteiger partial charge in [0, 0.05) is 5.56 Å². The minimum absolute atomic E-state index is 0.224. The number of esters is 1. The smallest absolute Gasteiger partial charge is 0.404 e. The van der Waals surface area contributed by atoms with Gasteiger partial charge in [0.05, 0.1) is 6.10 Å². The zero-order valence-corrected chi connectivity index (χ0v) is 9.44. The van der Waals surface area contributed by atoms with Crippen LogP contribution in [0.15, 0.2) is 30.3 Å². The fraction of sp³-hybridized carbons (Fsp3) is 0.333. The molecule has 5 heteroatoms. The first-order valence-corrected chi connectivity index (χ1v) is 5.04. The van der Waals surface area contributed by atoms with Gasteiger partial charge in [-0.15, -0.1) is 0 Å². The minimum atomic E-state index is -4.15. The van der Waals surface area contributed by atoms with E-state index in [9.17, 15) is 18.4 Å². The van der Waals surface area contributed by atoms with Crippen molar-refractivity contribution in [1.82, 2.24) is 0 Å². The molecule has 17 heavy (non-hydrogen) atoms. The Morgan fingerprint density at radius 1 is 1.18 bits per heavy atom. The number of Topliss-reactive ketones (excluding diaryl/α,β-unsaturated/α-hetero) is 1. The summed E-state index contributed by atoms with van der Waals surface area (Å²) in [4.78, 5) is 22.5. The lowest BCUT2D eigenvalue weighted by Gasteiger charge is -2.15. The predicted molar refractivity (Wildman–Crippen MR) is 56.9 cm³/mol. The summed E-state index contributed by atoms with van der Waals surface area (Å²) in [6, 6.07) is 6.91. The summed E-state index contributed by atoms with van der Waals surface area (Å²) in [6.07, 6.45) is -0.697. The molecule has 0 atom stereocenters. The first-order valence-electron chi connectivity index (χ1n) is 5.04. The molecule has 1 rings (SSSR count). The summed E-state index contributed by atoms with van der Waals surface area (Å²) >= 11 is 0. The largest absolute Gasteiger partial charge is 0.458 e. The number of halogens is 2. The molecule has 0 aliphatic carbocycles. The van der Waals surface area contributed by atoms with E-state index in [2.05, 4.69) is 4.74 Å². The maximum absolute atomic E-state index is 13.4. The van der Waals surface area contributed by atoms with Crippen molar-refractivity contribution in [2.45, 2.75) is 25.9 Å². The standard InChI is InChI=1S/C12H12F2O3/c1-8(2)17-11(16)12(13,14)10(15)9-6-4-3-5-7-9/h3-8H,1-2H3. The van der Waals surface area contributed by atoms with E-state index in [-0.39, 0.29) is 5.56 Å². The van der Waals surface area contributed by atoms with Gasteiger partial charge in [-0.2, -0.15) is 8.78 Å². The lowest BCUT2D eigenvalue weighted by atomic mass is 10.1. The van der Waals surface area contributed by atoms with E-state index in [0.29, 0.717) is 0 Å². The third kappa shape index (κ3) is 3.09. The highest BCUT2D eigenvalue weighted by atomic mass is 19.3. The number of carbonyl (C=O) groups is 2. The second kappa shape index (κ2) is 5.03. The molecule has 92 valence electrons. The van der Waals surface area contributed by atoms with E-state index >= 15 is 0 Å². The quantitative estimate of drug-likeness (QED) is 0.462. The molecular formula is C12H12F2O3. The summed E-state index contributed by atoms with van der Waals surface area (Å²) in [6.45, 7) is 2.86. The van der Waals surface area contributed by atoms with Crippen LogP contribution in [0.1, 0.15) is 24.2 Å². The molecule has 0 saturated carbocycles. The zero-order chi connectivity index (χ0) is 13.1. The molecule has 0 aliphatic rings. The molecule has 0 fully saturated rings. The Balaban J connectivity index is 2.91. The summed E-state index contributed by atoms with van der Waals surface area (Å²) < 4.78 is 31.2. The summed E-state index contributed by atoms with van der Waals surface area (Å²) in [5, 5.41) is 0. The molecule has 0 aliphatic heterocycles. The molecule has 3 nitrogen and oxygen atoms in total. The van der Waals surface area contributed by atoms with Crippen molar-refractivity contribution in [3.8, 4) is 0 Å². The van der Waals surface area contributed by atoms with Crippen LogP contribution in [0.2, 0.25) is 0 Å². The van der Waals surface area contributed by atoms with Gasteiger partial charge in [-0.25, -0.2) is 4.79 Å². The highest BCUT2D eigenvalue weighted by Crippen LogP contribution is 2.22. The van der Waals surface area contributed by atoms with Gasteiger partial charge >= 0.3 is 11.9 Å². The van der Waals surface area contributed by atoms with Crippen molar-refractivity contribution in [1.29, 1.82) is 0 Å². The summed E-state index contributed by atoms with van der Waals surface area (Å²) in [7, 11) is 0. The Morgan fingerprint density at radius 2 is 1.71 bits per heavy atom. The van der Waals surface area contributed by atoms with Crippen molar-refractivity contribution in [3.63, 3.8) is 0 Å². The van der Waals surface area contributed by atoms with Crippen LogP contribution in [0.3, 0.4) is 0 Å². The number of ether oxygens (including phenoxy) is 1. The molecule has 0 radical (unpaired) electrons. The first kappa shape index (κ1) is 13.3. The van der Waals surface area contributed by atoms with Crippen LogP contribution in [-0.4, -0.2) is 23.8 Å². The Morgan fingerprint density at radius 3 is 2.18 bits per heavy atom. The number of hydrogen-bond donors (Lipinski definition) is 0. The molecule has 0 N–H and O–H groups in total. The summed E-state index contributed by atoms with van der Waals surface area (Å²) in [5.74, 6) is -7.52. The van der Waals surface area contributed by atoms with E-state index in [0.717, 1.165) is 0 Å². The molecule has 1 aromatic rings. The maximum atomic E-state index is 13.4. The fourth-order valence-corrected chi connectivity index (χ4v) is 1.15. The number of alkyl halides is 2. The fourth-order valence-electron chi connectivity index (χ4n) is 1.15.